The van der Waals surface area contributed by atoms with Gasteiger partial charge >= 0.3 is 0 Å². The maximum Gasteiger partial charge on any atom is 0.146 e. The molecule has 0 saturated heterocycles. The van der Waals surface area contributed by atoms with Crippen LogP contribution in [0.25, 0.3) is 81.8 Å². The summed E-state index contributed by atoms with van der Waals surface area (Å²) < 4.78 is 8.79. The molecule has 3 nitrogen and oxygen atoms in total. The van der Waals surface area contributed by atoms with Crippen LogP contribution in [0.2, 0.25) is 0 Å². The molecule has 0 amide bonds. The molecular formula is C33H18N2O. The molecule has 0 aliphatic carbocycles. The summed E-state index contributed by atoms with van der Waals surface area (Å²) in [6, 6.07) is 38.9. The van der Waals surface area contributed by atoms with Gasteiger partial charge in [0.1, 0.15) is 16.8 Å². The van der Waals surface area contributed by atoms with Crippen molar-refractivity contribution < 1.29 is 4.42 Å². The number of rotatable bonds is 0. The molecule has 0 bridgehead atoms. The highest BCUT2D eigenvalue weighted by atomic mass is 16.3. The van der Waals surface area contributed by atoms with E-state index in [1.165, 1.54) is 32.3 Å². The van der Waals surface area contributed by atoms with E-state index in [4.69, 9.17) is 9.40 Å². The van der Waals surface area contributed by atoms with Crippen molar-refractivity contribution in [2.75, 3.05) is 0 Å². The Bertz CT molecular complexity index is 2370. The van der Waals surface area contributed by atoms with Crippen LogP contribution in [-0.2, 0) is 0 Å². The Morgan fingerprint density at radius 3 is 2.14 bits per heavy atom. The van der Waals surface area contributed by atoms with Crippen molar-refractivity contribution >= 4 is 81.8 Å². The fourth-order valence-corrected chi connectivity index (χ4v) is 6.07. The fourth-order valence-electron chi connectivity index (χ4n) is 6.07. The number of hydrogen-bond acceptors (Lipinski definition) is 2. The number of furan rings is 1. The lowest BCUT2D eigenvalue weighted by molar-refractivity contribution is 0.670. The largest absolute Gasteiger partial charge is 0.456 e. The molecule has 36 heavy (non-hydrogen) atoms. The van der Waals surface area contributed by atoms with Crippen molar-refractivity contribution in [3.8, 4) is 0 Å². The lowest BCUT2D eigenvalue weighted by Gasteiger charge is -2.09. The summed E-state index contributed by atoms with van der Waals surface area (Å²) in [7, 11) is 0. The van der Waals surface area contributed by atoms with E-state index in [1.807, 2.05) is 0 Å². The molecule has 0 aliphatic heterocycles. The predicted octanol–water partition coefficient (Wildman–Crippen LogP) is 9.00. The van der Waals surface area contributed by atoms with Gasteiger partial charge in [0.25, 0.3) is 0 Å². The third kappa shape index (κ3) is 2.25. The van der Waals surface area contributed by atoms with Gasteiger partial charge in [-0.05, 0) is 63.3 Å². The van der Waals surface area contributed by atoms with Gasteiger partial charge < -0.3 is 4.42 Å². The van der Waals surface area contributed by atoms with Gasteiger partial charge in [0.2, 0.25) is 0 Å². The molecule has 0 atom stereocenters. The highest BCUT2D eigenvalue weighted by Crippen LogP contribution is 2.39. The summed E-state index contributed by atoms with van der Waals surface area (Å²) in [5, 5.41) is 10.7. The number of benzene rings is 6. The molecule has 0 fully saturated rings. The summed E-state index contributed by atoms with van der Waals surface area (Å²) in [4.78, 5) is 5.04. The number of imidazole rings is 1. The van der Waals surface area contributed by atoms with E-state index >= 15 is 0 Å². The van der Waals surface area contributed by atoms with Crippen LogP contribution in [0.15, 0.2) is 114 Å². The molecule has 3 heteroatoms. The number of para-hydroxylation sites is 2. The second-order valence-corrected chi connectivity index (χ2v) is 9.63. The van der Waals surface area contributed by atoms with Crippen molar-refractivity contribution in [2.24, 2.45) is 0 Å². The van der Waals surface area contributed by atoms with E-state index in [2.05, 4.69) is 114 Å². The lowest BCUT2D eigenvalue weighted by atomic mass is 9.99. The normalized spacial score (nSPS) is 12.4. The maximum absolute atomic E-state index is 6.49. The lowest BCUT2D eigenvalue weighted by Crippen LogP contribution is -1.91. The van der Waals surface area contributed by atoms with Gasteiger partial charge in [-0.15, -0.1) is 0 Å². The smallest absolute Gasteiger partial charge is 0.146 e. The Labute approximate surface area is 204 Å². The number of aromatic nitrogens is 2. The number of nitrogens with zero attached hydrogens (tertiary/aromatic N) is 2. The van der Waals surface area contributed by atoms with Gasteiger partial charge in [-0.25, -0.2) is 4.98 Å². The third-order valence-electron chi connectivity index (χ3n) is 7.71. The minimum atomic E-state index is 0.908. The minimum absolute atomic E-state index is 0.908. The first-order chi connectivity index (χ1) is 17.8. The summed E-state index contributed by atoms with van der Waals surface area (Å²) >= 11 is 0. The summed E-state index contributed by atoms with van der Waals surface area (Å²) in [6.07, 6.45) is 0. The molecule has 0 unspecified atom stereocenters. The van der Waals surface area contributed by atoms with Crippen molar-refractivity contribution in [3.63, 3.8) is 0 Å². The van der Waals surface area contributed by atoms with Gasteiger partial charge in [0.15, 0.2) is 0 Å². The molecule has 9 aromatic rings. The Kier molecular flexibility index (Phi) is 3.28. The maximum atomic E-state index is 6.49. The average Bonchev–Trinajstić information content (AvgIpc) is 3.49. The predicted molar refractivity (Wildman–Crippen MR) is 150 cm³/mol. The van der Waals surface area contributed by atoms with Crippen LogP contribution in [0.5, 0.6) is 0 Å². The standard InChI is InChI=1S/C33H18N2O/c1-2-8-21-19(7-1)13-14-20-15-31-26(16-24(20)21)27-17-30-25(18-32(27)36-31)22-9-3-4-10-23(22)33-34-28-11-5-6-12-29(28)35(30)33/h1-18H. The summed E-state index contributed by atoms with van der Waals surface area (Å²) in [6.45, 7) is 0. The van der Waals surface area contributed by atoms with E-state index in [0.717, 1.165) is 49.5 Å². The topological polar surface area (TPSA) is 30.4 Å². The van der Waals surface area contributed by atoms with E-state index in [0.29, 0.717) is 0 Å². The molecule has 9 rings (SSSR count). The quantitative estimate of drug-likeness (QED) is 0.212. The molecular weight excluding hydrogens is 440 g/mol. The van der Waals surface area contributed by atoms with Crippen molar-refractivity contribution in [1.82, 2.24) is 9.38 Å². The highest BCUT2D eigenvalue weighted by molar-refractivity contribution is 6.21. The molecule has 0 spiro atoms. The van der Waals surface area contributed by atoms with Crippen LogP contribution >= 0.6 is 0 Å². The second-order valence-electron chi connectivity index (χ2n) is 9.63. The van der Waals surface area contributed by atoms with Crippen LogP contribution in [-0.4, -0.2) is 9.38 Å². The molecule has 3 aromatic heterocycles. The minimum Gasteiger partial charge on any atom is -0.456 e. The summed E-state index contributed by atoms with van der Waals surface area (Å²) in [5.74, 6) is 0. The fraction of sp³-hybridized carbons (Fsp3) is 0. The zero-order chi connectivity index (χ0) is 23.4. The van der Waals surface area contributed by atoms with Crippen molar-refractivity contribution in [1.29, 1.82) is 0 Å². The summed E-state index contributed by atoms with van der Waals surface area (Å²) in [5.41, 5.74) is 6.08. The van der Waals surface area contributed by atoms with Gasteiger partial charge in [0.05, 0.1) is 16.6 Å². The van der Waals surface area contributed by atoms with Crippen LogP contribution in [0.1, 0.15) is 0 Å². The van der Waals surface area contributed by atoms with Gasteiger partial charge in [0, 0.05) is 21.5 Å². The molecule has 0 N–H and O–H groups in total. The van der Waals surface area contributed by atoms with Gasteiger partial charge in [-0.3, -0.25) is 4.40 Å². The Balaban J connectivity index is 1.52. The zero-order valence-corrected chi connectivity index (χ0v) is 19.2. The van der Waals surface area contributed by atoms with Crippen LogP contribution < -0.4 is 0 Å². The van der Waals surface area contributed by atoms with Crippen LogP contribution in [0, 0.1) is 0 Å². The molecule has 3 heterocycles. The Hall–Kier alpha value is -4.89. The number of hydrogen-bond donors (Lipinski definition) is 0. The molecule has 0 saturated carbocycles. The molecule has 0 radical (unpaired) electrons. The van der Waals surface area contributed by atoms with E-state index < -0.39 is 0 Å². The van der Waals surface area contributed by atoms with E-state index in [-0.39, 0.29) is 0 Å². The van der Waals surface area contributed by atoms with E-state index in [9.17, 15) is 0 Å². The zero-order valence-electron chi connectivity index (χ0n) is 19.2. The van der Waals surface area contributed by atoms with Crippen LogP contribution in [0.4, 0.5) is 0 Å². The van der Waals surface area contributed by atoms with Crippen molar-refractivity contribution in [2.45, 2.75) is 0 Å². The first-order valence-electron chi connectivity index (χ1n) is 12.2. The number of pyridine rings is 1. The first kappa shape index (κ1) is 18.4. The van der Waals surface area contributed by atoms with E-state index in [1.54, 1.807) is 0 Å². The van der Waals surface area contributed by atoms with Crippen LogP contribution in [0.3, 0.4) is 0 Å². The highest BCUT2D eigenvalue weighted by Gasteiger charge is 2.17. The number of fused-ring (bicyclic) bond motifs is 14. The third-order valence-corrected chi connectivity index (χ3v) is 7.71. The Morgan fingerprint density at radius 1 is 0.472 bits per heavy atom. The molecule has 6 aromatic carbocycles. The van der Waals surface area contributed by atoms with Gasteiger partial charge in [-0.1, -0.05) is 72.8 Å². The molecule has 166 valence electrons. The van der Waals surface area contributed by atoms with Crippen molar-refractivity contribution in [3.05, 3.63) is 109 Å². The second kappa shape index (κ2) is 6.41. The Morgan fingerprint density at radius 2 is 1.19 bits per heavy atom. The first-order valence-corrected chi connectivity index (χ1v) is 12.2. The molecule has 0 aliphatic rings. The van der Waals surface area contributed by atoms with Gasteiger partial charge in [-0.2, -0.15) is 0 Å². The monoisotopic (exact) mass is 458 g/mol. The average molecular weight is 459 g/mol. The SMILES string of the molecule is c1ccc2c(c1)ccc1cc3oc4cc5c6ccccc6c6nc7ccccc7n6c5cc4c3cc12.